The van der Waals surface area contributed by atoms with Crippen LogP contribution in [0.3, 0.4) is 0 Å². The lowest BCUT2D eigenvalue weighted by Crippen LogP contribution is -2.48. The van der Waals surface area contributed by atoms with Crippen molar-refractivity contribution in [1.29, 1.82) is 0 Å². The minimum atomic E-state index is 0.190. The van der Waals surface area contributed by atoms with Gasteiger partial charge in [0, 0.05) is 36.3 Å². The molecule has 0 unspecified atom stereocenters. The van der Waals surface area contributed by atoms with Gasteiger partial charge in [-0.3, -0.25) is 4.90 Å². The van der Waals surface area contributed by atoms with Gasteiger partial charge in [0.05, 0.1) is 12.7 Å². The Labute approximate surface area is 146 Å². The van der Waals surface area contributed by atoms with Crippen molar-refractivity contribution in [2.45, 2.75) is 20.0 Å². The van der Waals surface area contributed by atoms with Crippen molar-refractivity contribution < 1.29 is 4.74 Å². The molecule has 6 heteroatoms. The van der Waals surface area contributed by atoms with Gasteiger partial charge in [-0.1, -0.05) is 35.8 Å². The monoisotopic (exact) mass is 385 g/mol. The fourth-order valence-electron chi connectivity index (χ4n) is 2.53. The van der Waals surface area contributed by atoms with E-state index in [4.69, 9.17) is 17.0 Å². The Morgan fingerprint density at radius 3 is 3.05 bits per heavy atom. The van der Waals surface area contributed by atoms with Gasteiger partial charge in [-0.05, 0) is 36.3 Å². The van der Waals surface area contributed by atoms with Crippen LogP contribution in [0.4, 0.5) is 5.69 Å². The van der Waals surface area contributed by atoms with E-state index in [0.717, 1.165) is 42.9 Å². The van der Waals surface area contributed by atoms with Crippen LogP contribution in [0.1, 0.15) is 13.8 Å². The van der Waals surface area contributed by atoms with E-state index < -0.39 is 0 Å². The number of ether oxygens (including phenoxy) is 1. The molecule has 1 atom stereocenters. The topological polar surface area (TPSA) is 36.5 Å². The first-order chi connectivity index (χ1) is 10.5. The Bertz CT molecular complexity index is 498. The average molecular weight is 386 g/mol. The second-order valence-corrected chi connectivity index (χ2v) is 7.32. The highest BCUT2D eigenvalue weighted by Gasteiger charge is 2.20. The molecule has 1 aliphatic rings. The standard InChI is InChI=1S/C16H24BrN3OS/c1-12(2)10-20-6-7-21-15(11-20)9-18-16(22)19-14-5-3-4-13(17)8-14/h3-5,8,12,15H,6-7,9-11H2,1-2H3,(H2,18,19,22)/t15-/m0/s1. The third-order valence-corrected chi connectivity index (χ3v) is 4.16. The molecule has 1 aromatic rings. The molecule has 0 saturated carbocycles. The molecule has 1 heterocycles. The number of morpholine rings is 1. The van der Waals surface area contributed by atoms with Gasteiger partial charge in [0.15, 0.2) is 5.11 Å². The Morgan fingerprint density at radius 2 is 2.32 bits per heavy atom. The number of nitrogens with zero attached hydrogens (tertiary/aromatic N) is 1. The van der Waals surface area contributed by atoms with Crippen LogP contribution in [-0.2, 0) is 4.74 Å². The predicted octanol–water partition coefficient (Wildman–Crippen LogP) is 3.09. The zero-order chi connectivity index (χ0) is 15.9. The number of nitrogens with one attached hydrogen (secondary N) is 2. The van der Waals surface area contributed by atoms with Crippen LogP contribution in [0, 0.1) is 5.92 Å². The summed E-state index contributed by atoms with van der Waals surface area (Å²) in [5.41, 5.74) is 0.970. The molecule has 1 fully saturated rings. The van der Waals surface area contributed by atoms with Gasteiger partial charge in [-0.15, -0.1) is 0 Å². The van der Waals surface area contributed by atoms with Crippen LogP contribution in [-0.4, -0.2) is 48.9 Å². The first kappa shape index (κ1) is 17.7. The highest BCUT2D eigenvalue weighted by molar-refractivity contribution is 9.10. The summed E-state index contributed by atoms with van der Waals surface area (Å²) in [5.74, 6) is 0.686. The molecule has 0 aliphatic carbocycles. The normalized spacial score (nSPS) is 19.2. The Balaban J connectivity index is 1.73. The molecule has 0 amide bonds. The van der Waals surface area contributed by atoms with Gasteiger partial charge in [-0.2, -0.15) is 0 Å². The lowest BCUT2D eigenvalue weighted by molar-refractivity contribution is -0.0283. The largest absolute Gasteiger partial charge is 0.374 e. The van der Waals surface area contributed by atoms with Crippen LogP contribution < -0.4 is 10.6 Å². The van der Waals surface area contributed by atoms with Crippen LogP contribution in [0.2, 0.25) is 0 Å². The second-order valence-electron chi connectivity index (χ2n) is 5.99. The van der Waals surface area contributed by atoms with Gasteiger partial charge in [-0.25, -0.2) is 0 Å². The van der Waals surface area contributed by atoms with E-state index in [9.17, 15) is 0 Å². The van der Waals surface area contributed by atoms with Crippen molar-refractivity contribution in [2.75, 3.05) is 38.1 Å². The minimum absolute atomic E-state index is 0.190. The van der Waals surface area contributed by atoms with E-state index in [1.807, 2.05) is 24.3 Å². The van der Waals surface area contributed by atoms with Crippen LogP contribution in [0.15, 0.2) is 28.7 Å². The zero-order valence-electron chi connectivity index (χ0n) is 13.1. The SMILES string of the molecule is CC(C)CN1CCO[C@@H](CNC(=S)Nc2cccc(Br)c2)C1. The van der Waals surface area contributed by atoms with Crippen molar-refractivity contribution in [3.63, 3.8) is 0 Å². The average Bonchev–Trinajstić information content (AvgIpc) is 2.45. The summed E-state index contributed by atoms with van der Waals surface area (Å²) in [4.78, 5) is 2.46. The Morgan fingerprint density at radius 1 is 1.50 bits per heavy atom. The maximum atomic E-state index is 5.81. The summed E-state index contributed by atoms with van der Waals surface area (Å²) in [6.45, 7) is 9.14. The summed E-state index contributed by atoms with van der Waals surface area (Å²) in [6.07, 6.45) is 0.190. The first-order valence-corrected chi connectivity index (χ1v) is 8.87. The van der Waals surface area contributed by atoms with Crippen molar-refractivity contribution in [3.8, 4) is 0 Å². The summed E-state index contributed by atoms with van der Waals surface area (Å²) in [7, 11) is 0. The molecule has 122 valence electrons. The number of benzene rings is 1. The molecule has 2 rings (SSSR count). The number of hydrogen-bond donors (Lipinski definition) is 2. The molecule has 1 aliphatic heterocycles. The molecular formula is C16H24BrN3OS. The molecule has 2 N–H and O–H groups in total. The smallest absolute Gasteiger partial charge is 0.170 e. The van der Waals surface area contributed by atoms with Crippen molar-refractivity contribution in [2.24, 2.45) is 5.92 Å². The fourth-order valence-corrected chi connectivity index (χ4v) is 3.13. The van der Waals surface area contributed by atoms with Crippen LogP contribution in [0.25, 0.3) is 0 Å². The number of rotatable bonds is 5. The summed E-state index contributed by atoms with van der Waals surface area (Å²) in [5, 5.41) is 7.06. The molecule has 0 bridgehead atoms. The van der Waals surface area contributed by atoms with Gasteiger partial charge in [0.2, 0.25) is 0 Å². The van der Waals surface area contributed by atoms with Gasteiger partial charge in [0.1, 0.15) is 0 Å². The fraction of sp³-hybridized carbons (Fsp3) is 0.562. The highest BCUT2D eigenvalue weighted by atomic mass is 79.9. The van der Waals surface area contributed by atoms with E-state index in [1.165, 1.54) is 0 Å². The van der Waals surface area contributed by atoms with E-state index >= 15 is 0 Å². The Hall–Kier alpha value is -0.690. The van der Waals surface area contributed by atoms with E-state index in [0.29, 0.717) is 11.0 Å². The molecular weight excluding hydrogens is 362 g/mol. The quantitative estimate of drug-likeness (QED) is 0.761. The van der Waals surface area contributed by atoms with Crippen LogP contribution in [0.5, 0.6) is 0 Å². The predicted molar refractivity (Wildman–Crippen MR) is 99.4 cm³/mol. The van der Waals surface area contributed by atoms with Crippen molar-refractivity contribution >= 4 is 38.9 Å². The van der Waals surface area contributed by atoms with E-state index in [1.54, 1.807) is 0 Å². The number of anilines is 1. The maximum Gasteiger partial charge on any atom is 0.170 e. The van der Waals surface area contributed by atoms with Gasteiger partial charge < -0.3 is 15.4 Å². The minimum Gasteiger partial charge on any atom is -0.374 e. The van der Waals surface area contributed by atoms with Crippen molar-refractivity contribution in [1.82, 2.24) is 10.2 Å². The molecule has 1 saturated heterocycles. The zero-order valence-corrected chi connectivity index (χ0v) is 15.5. The number of hydrogen-bond acceptors (Lipinski definition) is 3. The molecule has 0 spiro atoms. The molecule has 22 heavy (non-hydrogen) atoms. The maximum absolute atomic E-state index is 5.81. The lowest BCUT2D eigenvalue weighted by Gasteiger charge is -2.34. The summed E-state index contributed by atoms with van der Waals surface area (Å²) < 4.78 is 6.84. The molecule has 0 aromatic heterocycles. The third kappa shape index (κ3) is 6.20. The first-order valence-electron chi connectivity index (χ1n) is 7.67. The third-order valence-electron chi connectivity index (χ3n) is 3.42. The van der Waals surface area contributed by atoms with Gasteiger partial charge >= 0.3 is 0 Å². The van der Waals surface area contributed by atoms with Gasteiger partial charge in [0.25, 0.3) is 0 Å². The van der Waals surface area contributed by atoms with E-state index in [2.05, 4.69) is 45.3 Å². The van der Waals surface area contributed by atoms with Crippen LogP contribution >= 0.6 is 28.1 Å². The van der Waals surface area contributed by atoms with Crippen molar-refractivity contribution in [3.05, 3.63) is 28.7 Å². The summed E-state index contributed by atoms with van der Waals surface area (Å²) in [6, 6.07) is 7.94. The summed E-state index contributed by atoms with van der Waals surface area (Å²) >= 11 is 8.79. The molecule has 4 nitrogen and oxygen atoms in total. The Kier molecular flexibility index (Phi) is 7.08. The molecule has 0 radical (unpaired) electrons. The lowest BCUT2D eigenvalue weighted by atomic mass is 10.2. The second kappa shape index (κ2) is 8.82. The number of halogens is 1. The number of thiocarbonyl (C=S) groups is 1. The highest BCUT2D eigenvalue weighted by Crippen LogP contribution is 2.15. The van der Waals surface area contributed by atoms with E-state index in [-0.39, 0.29) is 6.10 Å². The molecule has 1 aromatic carbocycles.